The number of carbonyl (C=O) groups excluding carboxylic acids is 2. The molecule has 0 unspecified atom stereocenters. The van der Waals surface area contributed by atoms with E-state index in [0.29, 0.717) is 42.9 Å². The summed E-state index contributed by atoms with van der Waals surface area (Å²) in [6.45, 7) is 2.15. The van der Waals surface area contributed by atoms with Gasteiger partial charge in [0, 0.05) is 13.1 Å². The number of carbonyl (C=O) groups is 2. The highest BCUT2D eigenvalue weighted by atomic mass is 32.1. The van der Waals surface area contributed by atoms with E-state index in [0.717, 1.165) is 18.4 Å². The van der Waals surface area contributed by atoms with E-state index in [1.54, 1.807) is 10.4 Å². The molecular formula is C18H20N4O4S. The van der Waals surface area contributed by atoms with Crippen LogP contribution in [0.3, 0.4) is 0 Å². The minimum Gasteiger partial charge on any atom is -0.486 e. The minimum absolute atomic E-state index is 0.0140. The maximum atomic E-state index is 12.7. The summed E-state index contributed by atoms with van der Waals surface area (Å²) in [5, 5.41) is 10.8. The Bertz CT molecular complexity index is 827. The van der Waals surface area contributed by atoms with Gasteiger partial charge in [-0.25, -0.2) is 0 Å². The zero-order valence-electron chi connectivity index (χ0n) is 14.7. The number of nitrogens with one attached hydrogen (secondary N) is 1. The summed E-state index contributed by atoms with van der Waals surface area (Å²) in [5.74, 6) is 1.07. The summed E-state index contributed by atoms with van der Waals surface area (Å²) < 4.78 is 11.1. The van der Waals surface area contributed by atoms with Crippen molar-refractivity contribution in [3.63, 3.8) is 0 Å². The second kappa shape index (κ2) is 7.91. The molecule has 27 heavy (non-hydrogen) atoms. The van der Waals surface area contributed by atoms with Crippen LogP contribution in [-0.2, 0) is 16.0 Å². The largest absolute Gasteiger partial charge is 0.486 e. The van der Waals surface area contributed by atoms with Crippen LogP contribution in [0.5, 0.6) is 11.5 Å². The van der Waals surface area contributed by atoms with Crippen molar-refractivity contribution in [1.82, 2.24) is 15.1 Å². The van der Waals surface area contributed by atoms with Crippen LogP contribution in [0.2, 0.25) is 0 Å². The van der Waals surface area contributed by atoms with Gasteiger partial charge in [-0.2, -0.15) is 0 Å². The Morgan fingerprint density at radius 2 is 2.11 bits per heavy atom. The highest BCUT2D eigenvalue weighted by molar-refractivity contribution is 7.13. The van der Waals surface area contributed by atoms with Crippen molar-refractivity contribution in [1.29, 1.82) is 0 Å². The highest BCUT2D eigenvalue weighted by Gasteiger charge is 2.29. The zero-order valence-corrected chi connectivity index (χ0v) is 15.5. The van der Waals surface area contributed by atoms with Gasteiger partial charge in [-0.1, -0.05) is 17.4 Å². The molecule has 0 spiro atoms. The summed E-state index contributed by atoms with van der Waals surface area (Å²) in [5.41, 5.74) is 2.45. The molecule has 2 aliphatic heterocycles. The topological polar surface area (TPSA) is 93.7 Å². The SMILES string of the molecule is O=C(Nc1nncs1)[C@H]1CCCN(C(=O)Cc2ccc3c(c2)OCCO3)C1. The molecule has 1 saturated heterocycles. The maximum Gasteiger partial charge on any atom is 0.231 e. The minimum atomic E-state index is -0.230. The molecule has 1 atom stereocenters. The van der Waals surface area contributed by atoms with Gasteiger partial charge in [-0.15, -0.1) is 10.2 Å². The molecule has 2 aliphatic rings. The summed E-state index contributed by atoms with van der Waals surface area (Å²) in [7, 11) is 0. The lowest BCUT2D eigenvalue weighted by molar-refractivity contribution is -0.133. The molecule has 9 heteroatoms. The number of anilines is 1. The van der Waals surface area contributed by atoms with E-state index in [1.807, 2.05) is 18.2 Å². The van der Waals surface area contributed by atoms with Crippen molar-refractivity contribution in [3.8, 4) is 11.5 Å². The summed E-state index contributed by atoms with van der Waals surface area (Å²) in [4.78, 5) is 26.9. The molecule has 1 aromatic heterocycles. The molecular weight excluding hydrogens is 368 g/mol. The zero-order chi connectivity index (χ0) is 18.6. The average molecular weight is 388 g/mol. The Morgan fingerprint density at radius 1 is 1.26 bits per heavy atom. The number of piperidine rings is 1. The first-order valence-electron chi connectivity index (χ1n) is 8.92. The number of likely N-dealkylation sites (tertiary alicyclic amines) is 1. The second-order valence-corrected chi connectivity index (χ2v) is 7.40. The first-order chi connectivity index (χ1) is 13.2. The van der Waals surface area contributed by atoms with Crippen LogP contribution < -0.4 is 14.8 Å². The number of benzene rings is 1. The van der Waals surface area contributed by atoms with Crippen molar-refractivity contribution in [2.45, 2.75) is 19.3 Å². The van der Waals surface area contributed by atoms with Gasteiger partial charge < -0.3 is 19.7 Å². The van der Waals surface area contributed by atoms with Crippen LogP contribution in [0.25, 0.3) is 0 Å². The molecule has 1 fully saturated rings. The molecule has 0 bridgehead atoms. The van der Waals surface area contributed by atoms with Crippen LogP contribution >= 0.6 is 11.3 Å². The van der Waals surface area contributed by atoms with Crippen molar-refractivity contribution < 1.29 is 19.1 Å². The molecule has 8 nitrogen and oxygen atoms in total. The third-order valence-corrected chi connectivity index (χ3v) is 5.30. The van der Waals surface area contributed by atoms with Gasteiger partial charge in [0.2, 0.25) is 16.9 Å². The van der Waals surface area contributed by atoms with E-state index in [-0.39, 0.29) is 24.2 Å². The number of hydrogen-bond acceptors (Lipinski definition) is 7. The fourth-order valence-electron chi connectivity index (χ4n) is 3.34. The van der Waals surface area contributed by atoms with Gasteiger partial charge in [0.15, 0.2) is 11.5 Å². The quantitative estimate of drug-likeness (QED) is 0.857. The van der Waals surface area contributed by atoms with Crippen molar-refractivity contribution in [2.24, 2.45) is 5.92 Å². The number of fused-ring (bicyclic) bond motifs is 1. The Kier molecular flexibility index (Phi) is 5.19. The number of nitrogens with zero attached hydrogens (tertiary/aromatic N) is 3. The molecule has 142 valence electrons. The van der Waals surface area contributed by atoms with Crippen molar-refractivity contribution in [3.05, 3.63) is 29.3 Å². The Labute approximate surface area is 160 Å². The smallest absolute Gasteiger partial charge is 0.231 e. The predicted molar refractivity (Wildman–Crippen MR) is 99.0 cm³/mol. The summed E-state index contributed by atoms with van der Waals surface area (Å²) >= 11 is 1.28. The molecule has 1 aromatic carbocycles. The summed E-state index contributed by atoms with van der Waals surface area (Å²) in [6.07, 6.45) is 1.85. The van der Waals surface area contributed by atoms with E-state index in [9.17, 15) is 9.59 Å². The first-order valence-corrected chi connectivity index (χ1v) is 9.80. The Hall–Kier alpha value is -2.68. The lowest BCUT2D eigenvalue weighted by Crippen LogP contribution is -2.44. The molecule has 4 rings (SSSR count). The van der Waals surface area contributed by atoms with Gasteiger partial charge in [0.05, 0.1) is 12.3 Å². The van der Waals surface area contributed by atoms with Gasteiger partial charge in [0.25, 0.3) is 0 Å². The van der Waals surface area contributed by atoms with E-state index in [2.05, 4.69) is 15.5 Å². The molecule has 0 radical (unpaired) electrons. The number of aromatic nitrogens is 2. The second-order valence-electron chi connectivity index (χ2n) is 6.57. The molecule has 1 N–H and O–H groups in total. The fraction of sp³-hybridized carbons (Fsp3) is 0.444. The lowest BCUT2D eigenvalue weighted by Gasteiger charge is -2.32. The highest BCUT2D eigenvalue weighted by Crippen LogP contribution is 2.31. The third kappa shape index (κ3) is 4.19. The Balaban J connectivity index is 1.36. The Morgan fingerprint density at radius 3 is 2.93 bits per heavy atom. The van der Waals surface area contributed by atoms with Crippen LogP contribution in [0.15, 0.2) is 23.7 Å². The fourth-order valence-corrected chi connectivity index (χ4v) is 3.78. The monoisotopic (exact) mass is 388 g/mol. The van der Waals surface area contributed by atoms with E-state index in [1.165, 1.54) is 11.3 Å². The maximum absolute atomic E-state index is 12.7. The number of hydrogen-bond donors (Lipinski definition) is 1. The number of amides is 2. The van der Waals surface area contributed by atoms with E-state index >= 15 is 0 Å². The lowest BCUT2D eigenvalue weighted by atomic mass is 9.96. The van der Waals surface area contributed by atoms with E-state index in [4.69, 9.17) is 9.47 Å². The summed E-state index contributed by atoms with van der Waals surface area (Å²) in [6, 6.07) is 5.58. The predicted octanol–water partition coefficient (Wildman–Crippen LogP) is 1.73. The number of ether oxygens (including phenoxy) is 2. The van der Waals surface area contributed by atoms with Crippen LogP contribution in [0, 0.1) is 5.92 Å². The molecule has 2 amide bonds. The van der Waals surface area contributed by atoms with Gasteiger partial charge in [-0.05, 0) is 30.5 Å². The number of rotatable bonds is 4. The molecule has 2 aromatic rings. The van der Waals surface area contributed by atoms with Crippen molar-refractivity contribution >= 4 is 28.3 Å². The molecule has 0 saturated carbocycles. The van der Waals surface area contributed by atoms with Crippen LogP contribution in [-0.4, -0.2) is 53.2 Å². The van der Waals surface area contributed by atoms with Crippen LogP contribution in [0.4, 0.5) is 5.13 Å². The normalized spacial score (nSPS) is 18.8. The van der Waals surface area contributed by atoms with E-state index < -0.39 is 0 Å². The molecule has 3 heterocycles. The van der Waals surface area contributed by atoms with Gasteiger partial charge in [0.1, 0.15) is 18.7 Å². The molecule has 0 aliphatic carbocycles. The van der Waals surface area contributed by atoms with Gasteiger partial charge in [-0.3, -0.25) is 9.59 Å². The van der Waals surface area contributed by atoms with Crippen LogP contribution in [0.1, 0.15) is 18.4 Å². The average Bonchev–Trinajstić information content (AvgIpc) is 3.21. The van der Waals surface area contributed by atoms with Gasteiger partial charge >= 0.3 is 0 Å². The third-order valence-electron chi connectivity index (χ3n) is 4.70. The standard InChI is InChI=1S/C18H20N4O4S/c23-16(9-12-3-4-14-15(8-12)26-7-6-25-14)22-5-1-2-13(10-22)17(24)20-18-21-19-11-27-18/h3-4,8,11,13H,1-2,5-7,9-10H2,(H,20,21,24)/t13-/m0/s1. The van der Waals surface area contributed by atoms with Crippen molar-refractivity contribution in [2.75, 3.05) is 31.6 Å². The first kappa shape index (κ1) is 17.7.